The number of sulfone groups is 1. The van der Waals surface area contributed by atoms with Crippen molar-refractivity contribution in [1.82, 2.24) is 0 Å². The Morgan fingerprint density at radius 1 is 1.50 bits per heavy atom. The first-order valence-corrected chi connectivity index (χ1v) is 5.69. The highest BCUT2D eigenvalue weighted by molar-refractivity contribution is 7.92. The zero-order valence-corrected chi connectivity index (χ0v) is 7.29. The van der Waals surface area contributed by atoms with Gasteiger partial charge >= 0.3 is 0 Å². The Kier molecular flexibility index (Phi) is 2.58. The van der Waals surface area contributed by atoms with Crippen LogP contribution in [0, 0.1) is 0 Å². The Balaban J connectivity index is 2.60. The molecule has 0 bridgehead atoms. The minimum atomic E-state index is -2.73. The van der Waals surface area contributed by atoms with Crippen LogP contribution in [0.3, 0.4) is 0 Å². The molecule has 1 heterocycles. The zero-order chi connectivity index (χ0) is 7.61. The van der Waals surface area contributed by atoms with E-state index < -0.39 is 9.84 Å². The highest BCUT2D eigenvalue weighted by atomic mass is 35.5. The molecule has 0 aromatic carbocycles. The number of rotatable bonds is 2. The zero-order valence-electron chi connectivity index (χ0n) is 5.72. The fraction of sp³-hybridized carbons (Fsp3) is 1.00. The average Bonchev–Trinajstić information content (AvgIpc) is 2.13. The third-order valence-electron chi connectivity index (χ3n) is 1.89. The number of hydrogen-bond donors (Lipinski definition) is 0. The Hall–Kier alpha value is 0.240. The molecule has 0 saturated carbocycles. The van der Waals surface area contributed by atoms with Gasteiger partial charge in [0.25, 0.3) is 0 Å². The fourth-order valence-corrected chi connectivity index (χ4v) is 3.60. The van der Waals surface area contributed by atoms with Crippen molar-refractivity contribution in [3.63, 3.8) is 0 Å². The van der Waals surface area contributed by atoms with Crippen molar-refractivity contribution in [1.29, 1.82) is 0 Å². The molecule has 1 aliphatic heterocycles. The van der Waals surface area contributed by atoms with E-state index in [1.807, 2.05) is 0 Å². The summed E-state index contributed by atoms with van der Waals surface area (Å²) in [6.07, 6.45) is 2.27. The predicted octanol–water partition coefficient (Wildman–Crippen LogP) is 1.19. The third kappa shape index (κ3) is 1.64. The Morgan fingerprint density at radius 3 is 2.60 bits per heavy atom. The van der Waals surface area contributed by atoms with Gasteiger partial charge in [-0.2, -0.15) is 0 Å². The first kappa shape index (κ1) is 8.34. The van der Waals surface area contributed by atoms with Crippen LogP contribution in [0.4, 0.5) is 0 Å². The molecule has 10 heavy (non-hydrogen) atoms. The second kappa shape index (κ2) is 3.09. The van der Waals surface area contributed by atoms with Gasteiger partial charge in [-0.25, -0.2) is 8.42 Å². The first-order valence-electron chi connectivity index (χ1n) is 3.44. The summed E-state index contributed by atoms with van der Waals surface area (Å²) in [7, 11) is -2.73. The Bertz CT molecular complexity index is 198. The molecule has 1 rings (SSSR count). The normalized spacial score (nSPS) is 30.7. The molecule has 1 unspecified atom stereocenters. The monoisotopic (exact) mass is 182 g/mol. The molecule has 0 aromatic heterocycles. The van der Waals surface area contributed by atoms with Crippen LogP contribution in [-0.4, -0.2) is 25.3 Å². The summed E-state index contributed by atoms with van der Waals surface area (Å²) in [6, 6.07) is 0. The van der Waals surface area contributed by atoms with Gasteiger partial charge in [-0.1, -0.05) is 0 Å². The Labute approximate surface area is 66.5 Å². The van der Waals surface area contributed by atoms with Crippen LogP contribution >= 0.6 is 11.6 Å². The van der Waals surface area contributed by atoms with Gasteiger partial charge in [-0.05, 0) is 19.3 Å². The minimum absolute atomic E-state index is 0.134. The minimum Gasteiger partial charge on any atom is -0.229 e. The second-order valence-electron chi connectivity index (χ2n) is 2.61. The lowest BCUT2D eigenvalue weighted by atomic mass is 10.2. The molecule has 0 aliphatic carbocycles. The van der Waals surface area contributed by atoms with Crippen LogP contribution in [0.1, 0.15) is 19.3 Å². The maximum absolute atomic E-state index is 11.1. The molecule has 4 heteroatoms. The van der Waals surface area contributed by atoms with Gasteiger partial charge in [0.1, 0.15) is 0 Å². The van der Waals surface area contributed by atoms with E-state index in [-0.39, 0.29) is 5.25 Å². The maximum atomic E-state index is 11.1. The summed E-state index contributed by atoms with van der Waals surface area (Å²) in [5.41, 5.74) is 0. The lowest BCUT2D eigenvalue weighted by Gasteiger charge is -2.04. The van der Waals surface area contributed by atoms with Crippen molar-refractivity contribution in [3.8, 4) is 0 Å². The van der Waals surface area contributed by atoms with E-state index in [4.69, 9.17) is 11.6 Å². The van der Waals surface area contributed by atoms with Crippen LogP contribution in [0.2, 0.25) is 0 Å². The van der Waals surface area contributed by atoms with Crippen molar-refractivity contribution >= 4 is 21.4 Å². The van der Waals surface area contributed by atoms with E-state index >= 15 is 0 Å². The van der Waals surface area contributed by atoms with E-state index in [0.29, 0.717) is 18.1 Å². The van der Waals surface area contributed by atoms with Gasteiger partial charge in [0.2, 0.25) is 0 Å². The maximum Gasteiger partial charge on any atom is 0.153 e. The van der Waals surface area contributed by atoms with E-state index in [9.17, 15) is 8.42 Å². The lowest BCUT2D eigenvalue weighted by molar-refractivity contribution is 0.587. The van der Waals surface area contributed by atoms with Gasteiger partial charge in [-0.15, -0.1) is 11.6 Å². The summed E-state index contributed by atoms with van der Waals surface area (Å²) in [5, 5.41) is -0.134. The fourth-order valence-electron chi connectivity index (χ4n) is 1.30. The smallest absolute Gasteiger partial charge is 0.153 e. The molecule has 1 atom stereocenters. The molecule has 0 amide bonds. The van der Waals surface area contributed by atoms with Crippen LogP contribution in [-0.2, 0) is 9.84 Å². The topological polar surface area (TPSA) is 34.1 Å². The van der Waals surface area contributed by atoms with Gasteiger partial charge in [-0.3, -0.25) is 0 Å². The van der Waals surface area contributed by atoms with Gasteiger partial charge in [0.05, 0.1) is 11.0 Å². The summed E-state index contributed by atoms with van der Waals surface area (Å²) >= 11 is 5.44. The van der Waals surface area contributed by atoms with Crippen LogP contribution in [0.5, 0.6) is 0 Å². The SMILES string of the molecule is O=S1(=O)CCCC1CCCl. The number of halogens is 1. The van der Waals surface area contributed by atoms with Crippen molar-refractivity contribution in [2.24, 2.45) is 0 Å². The lowest BCUT2D eigenvalue weighted by Crippen LogP contribution is -2.15. The summed E-state index contributed by atoms with van der Waals surface area (Å²) < 4.78 is 22.2. The highest BCUT2D eigenvalue weighted by Gasteiger charge is 2.30. The second-order valence-corrected chi connectivity index (χ2v) is 5.39. The van der Waals surface area contributed by atoms with Gasteiger partial charge in [0, 0.05) is 5.88 Å². The van der Waals surface area contributed by atoms with Crippen LogP contribution in [0.15, 0.2) is 0 Å². The summed E-state index contributed by atoms with van der Waals surface area (Å²) in [6.45, 7) is 0. The number of alkyl halides is 1. The molecular weight excluding hydrogens is 172 g/mol. The average molecular weight is 183 g/mol. The van der Waals surface area contributed by atoms with E-state index in [0.717, 1.165) is 12.8 Å². The summed E-state index contributed by atoms with van der Waals surface area (Å²) in [5.74, 6) is 0.832. The van der Waals surface area contributed by atoms with Crippen molar-refractivity contribution in [2.75, 3.05) is 11.6 Å². The molecule has 1 aliphatic rings. The molecule has 1 fully saturated rings. The van der Waals surface area contributed by atoms with E-state index in [2.05, 4.69) is 0 Å². The highest BCUT2D eigenvalue weighted by Crippen LogP contribution is 2.22. The van der Waals surface area contributed by atoms with Crippen molar-refractivity contribution in [2.45, 2.75) is 24.5 Å². The molecule has 0 radical (unpaired) electrons. The van der Waals surface area contributed by atoms with E-state index in [1.165, 1.54) is 0 Å². The van der Waals surface area contributed by atoms with Crippen molar-refractivity contribution in [3.05, 3.63) is 0 Å². The molecule has 0 N–H and O–H groups in total. The van der Waals surface area contributed by atoms with Crippen molar-refractivity contribution < 1.29 is 8.42 Å². The quantitative estimate of drug-likeness (QED) is 0.602. The largest absolute Gasteiger partial charge is 0.229 e. The molecule has 60 valence electrons. The molecule has 0 spiro atoms. The van der Waals surface area contributed by atoms with Crippen LogP contribution in [0.25, 0.3) is 0 Å². The van der Waals surface area contributed by atoms with E-state index in [1.54, 1.807) is 0 Å². The van der Waals surface area contributed by atoms with Gasteiger partial charge < -0.3 is 0 Å². The third-order valence-corrected chi connectivity index (χ3v) is 4.46. The standard InChI is InChI=1S/C6H11ClO2S/c7-4-3-6-2-1-5-10(6,8)9/h6H,1-5H2. The molecule has 1 saturated heterocycles. The molecule has 0 aromatic rings. The number of hydrogen-bond acceptors (Lipinski definition) is 2. The first-order chi connectivity index (χ1) is 4.67. The molecule has 2 nitrogen and oxygen atoms in total. The predicted molar refractivity (Wildman–Crippen MR) is 42.1 cm³/mol. The Morgan fingerprint density at radius 2 is 2.20 bits per heavy atom. The van der Waals surface area contributed by atoms with Crippen LogP contribution < -0.4 is 0 Å². The van der Waals surface area contributed by atoms with Gasteiger partial charge in [0.15, 0.2) is 9.84 Å². The summed E-state index contributed by atoms with van der Waals surface area (Å²) in [4.78, 5) is 0. The molecular formula is C6H11ClO2S.